The summed E-state index contributed by atoms with van der Waals surface area (Å²) < 4.78 is 0. The average molecular weight is 277 g/mol. The van der Waals surface area contributed by atoms with Crippen LogP contribution in [0.1, 0.15) is 0 Å². The molecule has 2 rings (SSSR count). The van der Waals surface area contributed by atoms with Crippen molar-refractivity contribution in [2.75, 3.05) is 0 Å². The Balaban J connectivity index is 2.19. The number of azo groups is 1. The SMILES string of the molecule is O=[N+]([O-])C1C=CC=CC1/N=N/c1ccc(S)cc1O. The second-order valence-corrected chi connectivity index (χ2v) is 4.44. The third-order valence-corrected chi connectivity index (χ3v) is 2.86. The summed E-state index contributed by atoms with van der Waals surface area (Å²) in [5.74, 6) is -0.0655. The highest BCUT2D eigenvalue weighted by Crippen LogP contribution is 2.29. The largest absolute Gasteiger partial charge is 0.506 e. The topological polar surface area (TPSA) is 88.1 Å². The normalized spacial score (nSPS) is 21.9. The zero-order chi connectivity index (χ0) is 13.8. The van der Waals surface area contributed by atoms with Gasteiger partial charge in [-0.05, 0) is 24.3 Å². The van der Waals surface area contributed by atoms with E-state index in [0.717, 1.165) is 0 Å². The summed E-state index contributed by atoms with van der Waals surface area (Å²) >= 11 is 4.07. The molecule has 0 radical (unpaired) electrons. The van der Waals surface area contributed by atoms with Crippen molar-refractivity contribution in [2.45, 2.75) is 17.0 Å². The summed E-state index contributed by atoms with van der Waals surface area (Å²) in [5.41, 5.74) is 0.253. The van der Waals surface area contributed by atoms with Crippen LogP contribution in [0.3, 0.4) is 0 Å². The number of phenols is 1. The third-order valence-electron chi connectivity index (χ3n) is 2.58. The van der Waals surface area contributed by atoms with E-state index in [1.807, 2.05) is 0 Å². The fourth-order valence-corrected chi connectivity index (χ4v) is 1.81. The first-order valence-corrected chi connectivity index (χ1v) is 5.94. The van der Waals surface area contributed by atoms with Crippen LogP contribution in [0.15, 0.2) is 57.6 Å². The van der Waals surface area contributed by atoms with E-state index in [2.05, 4.69) is 22.9 Å². The first-order valence-electron chi connectivity index (χ1n) is 5.49. The van der Waals surface area contributed by atoms with Crippen LogP contribution in [0.25, 0.3) is 0 Å². The van der Waals surface area contributed by atoms with Gasteiger partial charge >= 0.3 is 0 Å². The van der Waals surface area contributed by atoms with E-state index in [1.165, 1.54) is 12.1 Å². The number of nitro groups is 1. The van der Waals surface area contributed by atoms with Crippen LogP contribution in [0, 0.1) is 10.1 Å². The quantitative estimate of drug-likeness (QED) is 0.385. The predicted octanol–water partition coefficient (Wildman–Crippen LogP) is 2.90. The fraction of sp³-hybridized carbons (Fsp3) is 0.167. The van der Waals surface area contributed by atoms with Crippen molar-refractivity contribution in [3.05, 3.63) is 52.6 Å². The van der Waals surface area contributed by atoms with Gasteiger partial charge in [0, 0.05) is 9.82 Å². The second-order valence-electron chi connectivity index (χ2n) is 3.92. The van der Waals surface area contributed by atoms with Crippen LogP contribution in [0.5, 0.6) is 5.75 Å². The van der Waals surface area contributed by atoms with E-state index in [0.29, 0.717) is 4.90 Å². The summed E-state index contributed by atoms with van der Waals surface area (Å²) in [4.78, 5) is 11.0. The minimum Gasteiger partial charge on any atom is -0.506 e. The van der Waals surface area contributed by atoms with Crippen molar-refractivity contribution in [3.63, 3.8) is 0 Å². The summed E-state index contributed by atoms with van der Waals surface area (Å²) in [6.45, 7) is 0. The molecule has 0 bridgehead atoms. The van der Waals surface area contributed by atoms with Crippen molar-refractivity contribution >= 4 is 18.3 Å². The molecule has 1 aromatic rings. The van der Waals surface area contributed by atoms with E-state index in [9.17, 15) is 15.2 Å². The monoisotopic (exact) mass is 277 g/mol. The standard InChI is InChI=1S/C12H11N3O3S/c16-12-7-8(19)5-6-10(12)14-13-9-3-1-2-4-11(9)15(17)18/h1-7,9,11,16,19H/b14-13+. The van der Waals surface area contributed by atoms with E-state index in [4.69, 9.17) is 0 Å². The van der Waals surface area contributed by atoms with Crippen LogP contribution < -0.4 is 0 Å². The first-order chi connectivity index (χ1) is 9.08. The van der Waals surface area contributed by atoms with E-state index < -0.39 is 17.0 Å². The number of aromatic hydroxyl groups is 1. The van der Waals surface area contributed by atoms with Gasteiger partial charge in [-0.1, -0.05) is 18.2 Å². The summed E-state index contributed by atoms with van der Waals surface area (Å²) in [6.07, 6.45) is 6.34. The van der Waals surface area contributed by atoms with Gasteiger partial charge in [-0.25, -0.2) is 0 Å². The summed E-state index contributed by atoms with van der Waals surface area (Å²) in [5, 5.41) is 28.2. The zero-order valence-electron chi connectivity index (χ0n) is 9.75. The van der Waals surface area contributed by atoms with Crippen molar-refractivity contribution in [1.29, 1.82) is 0 Å². The van der Waals surface area contributed by atoms with Crippen molar-refractivity contribution < 1.29 is 10.0 Å². The molecule has 0 amide bonds. The van der Waals surface area contributed by atoms with Gasteiger partial charge in [-0.2, -0.15) is 10.2 Å². The van der Waals surface area contributed by atoms with Crippen molar-refractivity contribution in [3.8, 4) is 5.75 Å². The molecule has 6 nitrogen and oxygen atoms in total. The molecule has 19 heavy (non-hydrogen) atoms. The molecule has 0 heterocycles. The van der Waals surface area contributed by atoms with E-state index >= 15 is 0 Å². The Morgan fingerprint density at radius 2 is 2.05 bits per heavy atom. The van der Waals surface area contributed by atoms with Crippen LogP contribution >= 0.6 is 12.6 Å². The highest BCUT2D eigenvalue weighted by molar-refractivity contribution is 7.80. The lowest BCUT2D eigenvalue weighted by Gasteiger charge is -2.12. The molecular weight excluding hydrogens is 266 g/mol. The predicted molar refractivity (Wildman–Crippen MR) is 72.7 cm³/mol. The van der Waals surface area contributed by atoms with Crippen LogP contribution in [0.2, 0.25) is 0 Å². The molecule has 1 N–H and O–H groups in total. The van der Waals surface area contributed by atoms with Gasteiger partial charge in [0.1, 0.15) is 11.4 Å². The number of phenolic OH excluding ortho intramolecular Hbond substituents is 1. The summed E-state index contributed by atoms with van der Waals surface area (Å²) in [6, 6.07) is 3.03. The molecule has 0 fully saturated rings. The number of nitrogens with zero attached hydrogens (tertiary/aromatic N) is 3. The Morgan fingerprint density at radius 1 is 1.32 bits per heavy atom. The molecular formula is C12H11N3O3S. The Morgan fingerprint density at radius 3 is 2.74 bits per heavy atom. The molecule has 0 spiro atoms. The Labute approximate surface area is 114 Å². The lowest BCUT2D eigenvalue weighted by Crippen LogP contribution is -2.30. The number of hydrogen-bond acceptors (Lipinski definition) is 6. The lowest BCUT2D eigenvalue weighted by atomic mass is 10.1. The lowest BCUT2D eigenvalue weighted by molar-refractivity contribution is -0.510. The number of allylic oxidation sites excluding steroid dienone is 2. The van der Waals surface area contributed by atoms with Gasteiger partial charge in [-0.15, -0.1) is 12.6 Å². The van der Waals surface area contributed by atoms with Gasteiger partial charge in [0.2, 0.25) is 0 Å². The highest BCUT2D eigenvalue weighted by Gasteiger charge is 2.28. The Bertz CT molecular complexity index is 584. The van der Waals surface area contributed by atoms with E-state index in [-0.39, 0.29) is 11.4 Å². The minimum absolute atomic E-state index is 0.0655. The minimum atomic E-state index is -0.931. The maximum Gasteiger partial charge on any atom is 0.258 e. The zero-order valence-corrected chi connectivity index (χ0v) is 10.6. The molecule has 7 heteroatoms. The molecule has 2 atom stereocenters. The smallest absolute Gasteiger partial charge is 0.258 e. The molecule has 98 valence electrons. The van der Waals surface area contributed by atoms with Gasteiger partial charge in [0.05, 0.1) is 0 Å². The fourth-order valence-electron chi connectivity index (χ4n) is 1.61. The van der Waals surface area contributed by atoms with Gasteiger partial charge in [0.15, 0.2) is 6.04 Å². The third kappa shape index (κ3) is 3.19. The maximum absolute atomic E-state index is 10.8. The number of thiol groups is 1. The molecule has 2 unspecified atom stereocenters. The maximum atomic E-state index is 10.8. The van der Waals surface area contributed by atoms with Crippen LogP contribution in [-0.4, -0.2) is 22.1 Å². The second kappa shape index (κ2) is 5.66. The van der Waals surface area contributed by atoms with Gasteiger partial charge < -0.3 is 5.11 Å². The summed E-state index contributed by atoms with van der Waals surface area (Å²) in [7, 11) is 0. The van der Waals surface area contributed by atoms with Gasteiger partial charge in [-0.3, -0.25) is 10.1 Å². The molecule has 0 aromatic heterocycles. The molecule has 1 aliphatic carbocycles. The van der Waals surface area contributed by atoms with Gasteiger partial charge in [0.25, 0.3) is 6.04 Å². The number of rotatable bonds is 3. The molecule has 1 aliphatic rings. The molecule has 1 aromatic carbocycles. The van der Waals surface area contributed by atoms with Crippen LogP contribution in [0.4, 0.5) is 5.69 Å². The number of hydrogen-bond donors (Lipinski definition) is 2. The first kappa shape index (κ1) is 13.3. The Kier molecular flexibility index (Phi) is 3.96. The molecule has 0 saturated carbocycles. The number of benzene rings is 1. The van der Waals surface area contributed by atoms with Crippen molar-refractivity contribution in [1.82, 2.24) is 0 Å². The van der Waals surface area contributed by atoms with Crippen molar-refractivity contribution in [2.24, 2.45) is 10.2 Å². The Hall–Kier alpha value is -2.15. The molecule has 0 saturated heterocycles. The van der Waals surface area contributed by atoms with E-state index in [1.54, 1.807) is 30.4 Å². The average Bonchev–Trinajstić information content (AvgIpc) is 2.38. The van der Waals surface area contributed by atoms with Crippen LogP contribution in [-0.2, 0) is 0 Å². The highest BCUT2D eigenvalue weighted by atomic mass is 32.1. The molecule has 0 aliphatic heterocycles.